The molecule has 1 aliphatic rings. The molecule has 2 heterocycles. The Morgan fingerprint density at radius 2 is 1.95 bits per heavy atom. The molecule has 0 fully saturated rings. The third kappa shape index (κ3) is 6.25. The second-order valence-electron chi connectivity index (χ2n) is 8.85. The summed E-state index contributed by atoms with van der Waals surface area (Å²) in [5.41, 5.74) is 0.138. The van der Waals surface area contributed by atoms with Gasteiger partial charge in [0.15, 0.2) is 6.61 Å². The number of amides is 1. The van der Waals surface area contributed by atoms with Gasteiger partial charge in [-0.1, -0.05) is 29.8 Å². The molecule has 2 atom stereocenters. The molecule has 3 aromatic rings. The topological polar surface area (TPSA) is 127 Å². The zero-order chi connectivity index (χ0) is 28.3. The number of carbonyl (C=O) groups excluding carboxylic acids is 2. The summed E-state index contributed by atoms with van der Waals surface area (Å²) in [4.78, 5) is 35.9. The van der Waals surface area contributed by atoms with Crippen LogP contribution in [0.5, 0.6) is 0 Å². The fourth-order valence-electron chi connectivity index (χ4n) is 3.96. The SMILES string of the molecule is Cc1ccc(C2=NN(C(=O)COC(=O)C(C)Nc3ccc(C(F)(F)F)cc3[N+](=O)[O-])C(c3ccco3)C2)cc1. The number of benzene rings is 2. The molecule has 0 radical (unpaired) electrons. The van der Waals surface area contributed by atoms with Gasteiger partial charge in [-0.3, -0.25) is 14.9 Å². The van der Waals surface area contributed by atoms with Crippen LogP contribution in [0.25, 0.3) is 0 Å². The van der Waals surface area contributed by atoms with Gasteiger partial charge in [0.25, 0.3) is 11.6 Å². The van der Waals surface area contributed by atoms with E-state index in [0.29, 0.717) is 30.0 Å². The Morgan fingerprint density at radius 3 is 2.56 bits per heavy atom. The third-order valence-electron chi connectivity index (χ3n) is 6.01. The van der Waals surface area contributed by atoms with Crippen molar-refractivity contribution in [2.24, 2.45) is 5.10 Å². The molecule has 2 aromatic carbocycles. The number of ether oxygens (including phenoxy) is 1. The molecular formula is C26H23F3N4O6. The normalized spacial score (nSPS) is 16.0. The van der Waals surface area contributed by atoms with Crippen molar-refractivity contribution < 1.29 is 36.8 Å². The number of rotatable bonds is 8. The summed E-state index contributed by atoms with van der Waals surface area (Å²) in [7, 11) is 0. The predicted molar refractivity (Wildman–Crippen MR) is 133 cm³/mol. The van der Waals surface area contributed by atoms with Crippen LogP contribution >= 0.6 is 0 Å². The van der Waals surface area contributed by atoms with Gasteiger partial charge in [0.2, 0.25) is 0 Å². The number of hydrogen-bond acceptors (Lipinski definition) is 8. The summed E-state index contributed by atoms with van der Waals surface area (Å²) in [6.45, 7) is 2.55. The van der Waals surface area contributed by atoms with E-state index in [0.717, 1.165) is 17.2 Å². The first-order chi connectivity index (χ1) is 18.4. The lowest BCUT2D eigenvalue weighted by Gasteiger charge is -2.20. The van der Waals surface area contributed by atoms with Crippen molar-refractivity contribution in [3.8, 4) is 0 Å². The van der Waals surface area contributed by atoms with Crippen molar-refractivity contribution in [3.05, 3.63) is 93.4 Å². The highest BCUT2D eigenvalue weighted by atomic mass is 19.4. The standard InChI is InChI=1S/C26H23F3N4O6/c1-15-5-7-17(8-6-15)20-13-22(23-4-3-11-38-23)32(31-20)24(34)14-39-25(35)16(2)30-19-10-9-18(26(27,28)29)12-21(19)33(36)37/h3-12,16,22,30H,13-14H2,1-2H3. The smallest absolute Gasteiger partial charge is 0.416 e. The second kappa shape index (κ2) is 11.0. The summed E-state index contributed by atoms with van der Waals surface area (Å²) in [5.74, 6) is -1.10. The van der Waals surface area contributed by atoms with E-state index < -0.39 is 52.9 Å². The second-order valence-corrected chi connectivity index (χ2v) is 8.85. The average Bonchev–Trinajstić information content (AvgIpc) is 3.57. The minimum Gasteiger partial charge on any atom is -0.467 e. The van der Waals surface area contributed by atoms with Gasteiger partial charge in [-0.25, -0.2) is 9.80 Å². The van der Waals surface area contributed by atoms with Crippen molar-refractivity contribution >= 4 is 29.0 Å². The minimum atomic E-state index is -4.78. The number of nitro groups is 1. The van der Waals surface area contributed by atoms with Gasteiger partial charge in [-0.05, 0) is 43.7 Å². The number of hydrogen-bond donors (Lipinski definition) is 1. The summed E-state index contributed by atoms with van der Waals surface area (Å²) in [5, 5.41) is 19.4. The van der Waals surface area contributed by atoms with Crippen molar-refractivity contribution in [2.45, 2.75) is 38.5 Å². The summed E-state index contributed by atoms with van der Waals surface area (Å²) in [6.07, 6.45) is -2.94. The zero-order valence-corrected chi connectivity index (χ0v) is 20.8. The lowest BCUT2D eigenvalue weighted by atomic mass is 10.0. The maximum absolute atomic E-state index is 13.0. The lowest BCUT2D eigenvalue weighted by molar-refractivity contribution is -0.384. The number of halogens is 3. The van der Waals surface area contributed by atoms with E-state index in [-0.39, 0.29) is 5.69 Å². The molecular weight excluding hydrogens is 521 g/mol. The van der Waals surface area contributed by atoms with E-state index in [4.69, 9.17) is 9.15 Å². The van der Waals surface area contributed by atoms with Gasteiger partial charge in [0.05, 0.1) is 22.5 Å². The molecule has 1 N–H and O–H groups in total. The molecule has 0 aliphatic carbocycles. The maximum atomic E-state index is 13.0. The number of aryl methyl sites for hydroxylation is 1. The van der Waals surface area contributed by atoms with Crippen LogP contribution in [-0.4, -0.2) is 40.2 Å². The maximum Gasteiger partial charge on any atom is 0.416 e. The number of nitro benzene ring substituents is 1. The van der Waals surface area contributed by atoms with E-state index in [1.54, 1.807) is 12.1 Å². The van der Waals surface area contributed by atoms with Crippen molar-refractivity contribution in [1.82, 2.24) is 5.01 Å². The van der Waals surface area contributed by atoms with Gasteiger partial charge in [-0.15, -0.1) is 0 Å². The van der Waals surface area contributed by atoms with E-state index in [9.17, 15) is 32.9 Å². The van der Waals surface area contributed by atoms with E-state index in [1.807, 2.05) is 31.2 Å². The molecule has 2 unspecified atom stereocenters. The highest BCUT2D eigenvalue weighted by Gasteiger charge is 2.36. The highest BCUT2D eigenvalue weighted by Crippen LogP contribution is 2.36. The molecule has 0 spiro atoms. The molecule has 10 nitrogen and oxygen atoms in total. The van der Waals surface area contributed by atoms with E-state index in [1.165, 1.54) is 18.2 Å². The quantitative estimate of drug-likeness (QED) is 0.234. The summed E-state index contributed by atoms with van der Waals surface area (Å²) < 4.78 is 49.4. The molecule has 0 saturated heterocycles. The van der Waals surface area contributed by atoms with Crippen LogP contribution in [0.3, 0.4) is 0 Å². The number of hydrazone groups is 1. The van der Waals surface area contributed by atoms with Crippen LogP contribution in [0.4, 0.5) is 24.5 Å². The number of carbonyl (C=O) groups is 2. The van der Waals surface area contributed by atoms with Gasteiger partial charge in [0, 0.05) is 12.5 Å². The molecule has 1 aromatic heterocycles. The van der Waals surface area contributed by atoms with Crippen LogP contribution in [-0.2, 0) is 20.5 Å². The summed E-state index contributed by atoms with van der Waals surface area (Å²) >= 11 is 0. The Hall–Kier alpha value is -4.68. The lowest BCUT2D eigenvalue weighted by Crippen LogP contribution is -2.34. The first-order valence-corrected chi connectivity index (χ1v) is 11.7. The molecule has 4 rings (SSSR count). The Labute approximate surface area is 220 Å². The molecule has 0 saturated carbocycles. The highest BCUT2D eigenvalue weighted by molar-refractivity contribution is 6.03. The van der Waals surface area contributed by atoms with Crippen LogP contribution in [0, 0.1) is 17.0 Å². The molecule has 39 heavy (non-hydrogen) atoms. The number of furan rings is 1. The third-order valence-corrected chi connectivity index (χ3v) is 6.01. The van der Waals surface area contributed by atoms with Crippen LogP contribution < -0.4 is 5.32 Å². The largest absolute Gasteiger partial charge is 0.467 e. The van der Waals surface area contributed by atoms with Gasteiger partial charge in [0.1, 0.15) is 23.5 Å². The Morgan fingerprint density at radius 1 is 1.23 bits per heavy atom. The van der Waals surface area contributed by atoms with Gasteiger partial charge < -0.3 is 14.5 Å². The van der Waals surface area contributed by atoms with E-state index >= 15 is 0 Å². The summed E-state index contributed by atoms with van der Waals surface area (Å²) in [6, 6.07) is 11.1. The number of esters is 1. The molecule has 1 amide bonds. The molecule has 1 aliphatic heterocycles. The first-order valence-electron chi connectivity index (χ1n) is 11.7. The zero-order valence-electron chi connectivity index (χ0n) is 20.8. The minimum absolute atomic E-state index is 0.312. The van der Waals surface area contributed by atoms with Crippen molar-refractivity contribution in [3.63, 3.8) is 0 Å². The Bertz CT molecular complexity index is 1400. The van der Waals surface area contributed by atoms with Crippen LogP contribution in [0.15, 0.2) is 70.4 Å². The number of nitrogens with zero attached hydrogens (tertiary/aromatic N) is 3. The predicted octanol–water partition coefficient (Wildman–Crippen LogP) is 5.24. The average molecular weight is 544 g/mol. The Kier molecular flexibility index (Phi) is 7.70. The Balaban J connectivity index is 1.44. The van der Waals surface area contributed by atoms with Crippen LogP contribution in [0.2, 0.25) is 0 Å². The fourth-order valence-corrected chi connectivity index (χ4v) is 3.96. The molecule has 13 heteroatoms. The van der Waals surface area contributed by atoms with Crippen molar-refractivity contribution in [2.75, 3.05) is 11.9 Å². The number of nitrogens with one attached hydrogen (secondary N) is 1. The monoisotopic (exact) mass is 544 g/mol. The first kappa shape index (κ1) is 27.4. The fraction of sp³-hybridized carbons (Fsp3) is 0.269. The molecule has 204 valence electrons. The van der Waals surface area contributed by atoms with Crippen LogP contribution in [0.1, 0.15) is 41.8 Å². The number of alkyl halides is 3. The van der Waals surface area contributed by atoms with Gasteiger partial charge >= 0.3 is 12.1 Å². The van der Waals surface area contributed by atoms with Gasteiger partial charge in [-0.2, -0.15) is 18.3 Å². The molecule has 0 bridgehead atoms. The van der Waals surface area contributed by atoms with Crippen molar-refractivity contribution in [1.29, 1.82) is 0 Å². The van der Waals surface area contributed by atoms with E-state index in [2.05, 4.69) is 10.4 Å². The number of anilines is 1.